The highest BCUT2D eigenvalue weighted by atomic mass is 16.6. The number of carbonyl (C=O) groups is 1. The van der Waals surface area contributed by atoms with Crippen molar-refractivity contribution in [3.63, 3.8) is 0 Å². The fraction of sp³-hybridized carbons (Fsp3) is 0.385. The number of hydrogen-bond donors (Lipinski definition) is 0. The van der Waals surface area contributed by atoms with Crippen molar-refractivity contribution in [1.29, 1.82) is 0 Å². The second kappa shape index (κ2) is 6.64. The van der Waals surface area contributed by atoms with Crippen LogP contribution in [-0.4, -0.2) is 33.3 Å². The van der Waals surface area contributed by atoms with Crippen LogP contribution in [0.1, 0.15) is 18.4 Å². The van der Waals surface area contributed by atoms with E-state index in [0.29, 0.717) is 11.5 Å². The largest absolute Gasteiger partial charge is 0.493 e. The average molecular weight is 251 g/mol. The van der Waals surface area contributed by atoms with Crippen LogP contribution in [0.3, 0.4) is 0 Å². The van der Waals surface area contributed by atoms with Gasteiger partial charge in [0.15, 0.2) is 11.5 Å². The van der Waals surface area contributed by atoms with Crippen LogP contribution in [0.2, 0.25) is 0 Å². The van der Waals surface area contributed by atoms with Crippen molar-refractivity contribution in [2.75, 3.05) is 21.3 Å². The number of rotatable bonds is 6. The molecule has 0 heterocycles. The van der Waals surface area contributed by atoms with E-state index in [2.05, 4.69) is 9.99 Å². The van der Waals surface area contributed by atoms with Gasteiger partial charge in [-0.15, -0.1) is 0 Å². The van der Waals surface area contributed by atoms with E-state index in [0.717, 1.165) is 5.56 Å². The fourth-order valence-corrected chi connectivity index (χ4v) is 1.59. The van der Waals surface area contributed by atoms with Gasteiger partial charge in [-0.3, -0.25) is 4.79 Å². The van der Waals surface area contributed by atoms with E-state index in [1.54, 1.807) is 32.4 Å². The summed E-state index contributed by atoms with van der Waals surface area (Å²) in [7, 11) is 4.54. The standard InChI is InChI=1S/C13H17NO4/c1-9(15)11(8-14-18-4)10-5-6-12(16-2)13(7-10)17-3/h5-8,11H,1-4H3. The van der Waals surface area contributed by atoms with Crippen molar-refractivity contribution in [2.24, 2.45) is 5.16 Å². The summed E-state index contributed by atoms with van der Waals surface area (Å²) in [4.78, 5) is 16.2. The number of benzene rings is 1. The number of methoxy groups -OCH3 is 2. The van der Waals surface area contributed by atoms with E-state index >= 15 is 0 Å². The lowest BCUT2D eigenvalue weighted by Gasteiger charge is -2.12. The van der Waals surface area contributed by atoms with Crippen molar-refractivity contribution < 1.29 is 19.1 Å². The molecular weight excluding hydrogens is 234 g/mol. The third-order valence-electron chi connectivity index (χ3n) is 2.52. The molecule has 5 heteroatoms. The quantitative estimate of drug-likeness (QED) is 0.573. The molecule has 0 N–H and O–H groups in total. The third-order valence-corrected chi connectivity index (χ3v) is 2.52. The minimum Gasteiger partial charge on any atom is -0.493 e. The van der Waals surface area contributed by atoms with Crippen LogP contribution in [0.4, 0.5) is 0 Å². The van der Waals surface area contributed by atoms with Crippen LogP contribution in [0.5, 0.6) is 11.5 Å². The first kappa shape index (κ1) is 14.0. The highest BCUT2D eigenvalue weighted by Crippen LogP contribution is 2.30. The summed E-state index contributed by atoms with van der Waals surface area (Å²) in [5, 5.41) is 3.65. The maximum Gasteiger partial charge on any atom is 0.161 e. The first-order chi connectivity index (χ1) is 8.63. The van der Waals surface area contributed by atoms with Gasteiger partial charge in [0.05, 0.1) is 26.4 Å². The Morgan fingerprint density at radius 2 is 1.89 bits per heavy atom. The molecule has 0 amide bonds. The molecule has 98 valence electrons. The van der Waals surface area contributed by atoms with Crippen LogP contribution < -0.4 is 9.47 Å². The number of ketones is 1. The van der Waals surface area contributed by atoms with Gasteiger partial charge in [0.2, 0.25) is 0 Å². The highest BCUT2D eigenvalue weighted by molar-refractivity contribution is 5.99. The van der Waals surface area contributed by atoms with Crippen molar-refractivity contribution in [3.05, 3.63) is 23.8 Å². The Bertz CT molecular complexity index is 443. The van der Waals surface area contributed by atoms with Gasteiger partial charge < -0.3 is 14.3 Å². The Morgan fingerprint density at radius 1 is 1.22 bits per heavy atom. The van der Waals surface area contributed by atoms with E-state index in [1.165, 1.54) is 20.2 Å². The van der Waals surface area contributed by atoms with Crippen LogP contribution in [0.25, 0.3) is 0 Å². The van der Waals surface area contributed by atoms with Crippen molar-refractivity contribution in [1.82, 2.24) is 0 Å². The molecular formula is C13H17NO4. The first-order valence-electron chi connectivity index (χ1n) is 5.43. The monoisotopic (exact) mass is 251 g/mol. The SMILES string of the molecule is CON=CC(C(C)=O)c1ccc(OC)c(OC)c1. The van der Waals surface area contributed by atoms with E-state index < -0.39 is 5.92 Å². The van der Waals surface area contributed by atoms with Gasteiger partial charge in [-0.1, -0.05) is 11.2 Å². The Kier molecular flexibility index (Phi) is 5.17. The topological polar surface area (TPSA) is 57.1 Å². The molecule has 0 aliphatic carbocycles. The van der Waals surface area contributed by atoms with Gasteiger partial charge in [-0.05, 0) is 24.6 Å². The minimum absolute atomic E-state index is 0.0250. The fourth-order valence-electron chi connectivity index (χ4n) is 1.59. The smallest absolute Gasteiger partial charge is 0.161 e. The lowest BCUT2D eigenvalue weighted by atomic mass is 9.96. The highest BCUT2D eigenvalue weighted by Gasteiger charge is 2.17. The second-order valence-electron chi connectivity index (χ2n) is 3.64. The second-order valence-corrected chi connectivity index (χ2v) is 3.64. The molecule has 0 aromatic heterocycles. The Morgan fingerprint density at radius 3 is 2.39 bits per heavy atom. The molecule has 0 radical (unpaired) electrons. The molecule has 1 aromatic rings. The van der Waals surface area contributed by atoms with Crippen molar-refractivity contribution in [3.8, 4) is 11.5 Å². The Hall–Kier alpha value is -2.04. The molecule has 0 fully saturated rings. The van der Waals surface area contributed by atoms with Crippen LogP contribution in [0.15, 0.2) is 23.4 Å². The van der Waals surface area contributed by atoms with Gasteiger partial charge in [0.25, 0.3) is 0 Å². The maximum absolute atomic E-state index is 11.6. The van der Waals surface area contributed by atoms with Crippen molar-refractivity contribution >= 4 is 12.0 Å². The number of oxime groups is 1. The number of ether oxygens (including phenoxy) is 2. The minimum atomic E-state index is -0.454. The summed E-state index contributed by atoms with van der Waals surface area (Å²) in [5.41, 5.74) is 0.779. The summed E-state index contributed by atoms with van der Waals surface area (Å²) in [5.74, 6) is 0.715. The molecule has 0 aliphatic rings. The molecule has 1 rings (SSSR count). The summed E-state index contributed by atoms with van der Waals surface area (Å²) >= 11 is 0. The molecule has 0 bridgehead atoms. The van der Waals surface area contributed by atoms with Gasteiger partial charge >= 0.3 is 0 Å². The van der Waals surface area contributed by atoms with Crippen LogP contribution in [0, 0.1) is 0 Å². The lowest BCUT2D eigenvalue weighted by molar-refractivity contribution is -0.117. The number of nitrogens with zero attached hydrogens (tertiary/aromatic N) is 1. The van der Waals surface area contributed by atoms with E-state index in [9.17, 15) is 4.79 Å². The molecule has 0 saturated carbocycles. The normalized spacial score (nSPS) is 12.2. The average Bonchev–Trinajstić information content (AvgIpc) is 2.38. The summed E-state index contributed by atoms with van der Waals surface area (Å²) in [6, 6.07) is 5.31. The van der Waals surface area contributed by atoms with Gasteiger partial charge in [-0.25, -0.2) is 0 Å². The third kappa shape index (κ3) is 3.23. The molecule has 5 nitrogen and oxygen atoms in total. The van der Waals surface area contributed by atoms with E-state index in [1.807, 2.05) is 0 Å². The predicted octanol–water partition coefficient (Wildman–Crippen LogP) is 2.01. The lowest BCUT2D eigenvalue weighted by Crippen LogP contribution is -2.10. The zero-order chi connectivity index (χ0) is 13.5. The van der Waals surface area contributed by atoms with E-state index in [4.69, 9.17) is 9.47 Å². The van der Waals surface area contributed by atoms with Gasteiger partial charge in [0.1, 0.15) is 12.9 Å². The molecule has 1 unspecified atom stereocenters. The van der Waals surface area contributed by atoms with Gasteiger partial charge in [0, 0.05) is 0 Å². The summed E-state index contributed by atoms with van der Waals surface area (Å²) in [6.07, 6.45) is 1.46. The molecule has 1 aromatic carbocycles. The van der Waals surface area contributed by atoms with Gasteiger partial charge in [-0.2, -0.15) is 0 Å². The van der Waals surface area contributed by atoms with E-state index in [-0.39, 0.29) is 5.78 Å². The zero-order valence-electron chi connectivity index (χ0n) is 11.0. The Labute approximate surface area is 106 Å². The molecule has 0 saturated heterocycles. The summed E-state index contributed by atoms with van der Waals surface area (Å²) in [6.45, 7) is 1.50. The van der Waals surface area contributed by atoms with Crippen LogP contribution >= 0.6 is 0 Å². The number of hydrogen-bond acceptors (Lipinski definition) is 5. The molecule has 0 spiro atoms. The number of carbonyl (C=O) groups excluding carboxylic acids is 1. The maximum atomic E-state index is 11.6. The molecule has 1 atom stereocenters. The van der Waals surface area contributed by atoms with Crippen LogP contribution in [-0.2, 0) is 9.63 Å². The van der Waals surface area contributed by atoms with Crippen molar-refractivity contribution in [2.45, 2.75) is 12.8 Å². The number of Topliss-reactive ketones (excluding diaryl/α,β-unsaturated/α-hetero) is 1. The molecule has 18 heavy (non-hydrogen) atoms. The molecule has 0 aliphatic heterocycles. The Balaban J connectivity index is 3.13. The zero-order valence-corrected chi connectivity index (χ0v) is 11.0. The predicted molar refractivity (Wildman–Crippen MR) is 68.5 cm³/mol. The first-order valence-corrected chi connectivity index (χ1v) is 5.43. The summed E-state index contributed by atoms with van der Waals surface area (Å²) < 4.78 is 10.3.